The Kier molecular flexibility index (Phi) is 6.42. The Labute approximate surface area is 168 Å². The Hall–Kier alpha value is -3.87. The van der Waals surface area contributed by atoms with Gasteiger partial charge >= 0.3 is 0 Å². The molecular formula is C22H21N3O4. The number of pyridine rings is 1. The number of carbonyl (C=O) groups excluding carboxylic acids is 2. The van der Waals surface area contributed by atoms with Gasteiger partial charge in [0.05, 0.1) is 19.8 Å². The molecule has 2 aromatic carbocycles. The van der Waals surface area contributed by atoms with Crippen molar-refractivity contribution in [3.8, 4) is 11.5 Å². The molecule has 0 saturated carbocycles. The van der Waals surface area contributed by atoms with Gasteiger partial charge in [-0.3, -0.25) is 14.6 Å². The van der Waals surface area contributed by atoms with Crippen molar-refractivity contribution in [2.45, 2.75) is 6.54 Å². The third kappa shape index (κ3) is 5.10. The van der Waals surface area contributed by atoms with E-state index in [2.05, 4.69) is 15.6 Å². The summed E-state index contributed by atoms with van der Waals surface area (Å²) in [5, 5.41) is 5.62. The molecule has 29 heavy (non-hydrogen) atoms. The lowest BCUT2D eigenvalue weighted by Crippen LogP contribution is -2.23. The van der Waals surface area contributed by atoms with E-state index in [0.717, 1.165) is 5.56 Å². The molecule has 1 aromatic heterocycles. The Morgan fingerprint density at radius 2 is 1.76 bits per heavy atom. The first kappa shape index (κ1) is 19.9. The summed E-state index contributed by atoms with van der Waals surface area (Å²) in [4.78, 5) is 28.8. The molecule has 7 heteroatoms. The second kappa shape index (κ2) is 9.36. The maximum Gasteiger partial charge on any atom is 0.257 e. The SMILES string of the molecule is COc1ccc(OC)c(CNC(=O)c2cccc(NC(=O)c3cccnc3)c2)c1. The van der Waals surface area contributed by atoms with Crippen LogP contribution in [0.5, 0.6) is 11.5 Å². The highest BCUT2D eigenvalue weighted by atomic mass is 16.5. The fraction of sp³-hybridized carbons (Fsp3) is 0.136. The number of rotatable bonds is 7. The zero-order valence-electron chi connectivity index (χ0n) is 16.1. The van der Waals surface area contributed by atoms with Crippen molar-refractivity contribution in [3.63, 3.8) is 0 Å². The summed E-state index contributed by atoms with van der Waals surface area (Å²) in [7, 11) is 3.15. The maximum absolute atomic E-state index is 12.6. The minimum Gasteiger partial charge on any atom is -0.497 e. The number of nitrogens with one attached hydrogen (secondary N) is 2. The van der Waals surface area contributed by atoms with Crippen molar-refractivity contribution in [3.05, 3.63) is 83.7 Å². The van der Waals surface area contributed by atoms with E-state index in [1.165, 1.54) is 6.20 Å². The fourth-order valence-corrected chi connectivity index (χ4v) is 2.74. The fourth-order valence-electron chi connectivity index (χ4n) is 2.74. The molecule has 3 aromatic rings. The number of ether oxygens (including phenoxy) is 2. The zero-order valence-corrected chi connectivity index (χ0v) is 16.1. The summed E-state index contributed by atoms with van der Waals surface area (Å²) in [5.74, 6) is 0.767. The molecule has 0 bridgehead atoms. The number of methoxy groups -OCH3 is 2. The van der Waals surface area contributed by atoms with Crippen LogP contribution < -0.4 is 20.1 Å². The monoisotopic (exact) mass is 391 g/mol. The Morgan fingerprint density at radius 1 is 0.931 bits per heavy atom. The molecule has 148 valence electrons. The Morgan fingerprint density at radius 3 is 2.48 bits per heavy atom. The Bertz CT molecular complexity index is 1010. The second-order valence-corrected chi connectivity index (χ2v) is 6.14. The van der Waals surface area contributed by atoms with Gasteiger partial charge in [-0.1, -0.05) is 6.07 Å². The number of nitrogens with zero attached hydrogens (tertiary/aromatic N) is 1. The molecule has 0 aliphatic heterocycles. The van der Waals surface area contributed by atoms with Crippen molar-refractivity contribution < 1.29 is 19.1 Å². The van der Waals surface area contributed by atoms with Crippen LogP contribution in [-0.2, 0) is 6.54 Å². The van der Waals surface area contributed by atoms with Gasteiger partial charge in [-0.2, -0.15) is 0 Å². The average molecular weight is 391 g/mol. The predicted octanol–water partition coefficient (Wildman–Crippen LogP) is 3.28. The molecule has 0 spiro atoms. The van der Waals surface area contributed by atoms with E-state index >= 15 is 0 Å². The number of carbonyl (C=O) groups is 2. The van der Waals surface area contributed by atoms with Crippen LogP contribution in [0.25, 0.3) is 0 Å². The van der Waals surface area contributed by atoms with Gasteiger partial charge in [0.25, 0.3) is 11.8 Å². The van der Waals surface area contributed by atoms with E-state index in [-0.39, 0.29) is 18.4 Å². The van der Waals surface area contributed by atoms with Crippen molar-refractivity contribution >= 4 is 17.5 Å². The number of hydrogen-bond acceptors (Lipinski definition) is 5. The summed E-state index contributed by atoms with van der Waals surface area (Å²) in [6, 6.07) is 15.5. The molecule has 2 amide bonds. The van der Waals surface area contributed by atoms with Crippen LogP contribution in [0.2, 0.25) is 0 Å². The van der Waals surface area contributed by atoms with Crippen molar-refractivity contribution in [1.29, 1.82) is 0 Å². The van der Waals surface area contributed by atoms with E-state index in [1.807, 2.05) is 6.07 Å². The van der Waals surface area contributed by atoms with Gasteiger partial charge in [0, 0.05) is 35.8 Å². The molecule has 0 radical (unpaired) electrons. The van der Waals surface area contributed by atoms with Crippen molar-refractivity contribution in [2.75, 3.05) is 19.5 Å². The number of hydrogen-bond donors (Lipinski definition) is 2. The molecular weight excluding hydrogens is 370 g/mol. The number of anilines is 1. The van der Waals surface area contributed by atoms with Gasteiger partial charge in [-0.15, -0.1) is 0 Å². The summed E-state index contributed by atoms with van der Waals surface area (Å²) < 4.78 is 10.6. The highest BCUT2D eigenvalue weighted by molar-refractivity contribution is 6.04. The van der Waals surface area contributed by atoms with Gasteiger partial charge in [0.2, 0.25) is 0 Å². The molecule has 0 unspecified atom stereocenters. The molecule has 0 saturated heterocycles. The highest BCUT2D eigenvalue weighted by Gasteiger charge is 2.11. The molecule has 0 aliphatic rings. The lowest BCUT2D eigenvalue weighted by atomic mass is 10.1. The molecule has 0 fully saturated rings. The molecule has 2 N–H and O–H groups in total. The zero-order chi connectivity index (χ0) is 20.6. The summed E-state index contributed by atoms with van der Waals surface area (Å²) >= 11 is 0. The maximum atomic E-state index is 12.6. The largest absolute Gasteiger partial charge is 0.497 e. The van der Waals surface area contributed by atoms with Crippen LogP contribution in [0.4, 0.5) is 5.69 Å². The van der Waals surface area contributed by atoms with Crippen molar-refractivity contribution in [1.82, 2.24) is 10.3 Å². The predicted molar refractivity (Wildman–Crippen MR) is 109 cm³/mol. The first-order valence-electron chi connectivity index (χ1n) is 8.91. The van der Waals surface area contributed by atoms with E-state index in [4.69, 9.17) is 9.47 Å². The topological polar surface area (TPSA) is 89.5 Å². The molecule has 0 atom stereocenters. The van der Waals surface area contributed by atoms with E-state index in [9.17, 15) is 9.59 Å². The normalized spacial score (nSPS) is 10.1. The third-order valence-corrected chi connectivity index (χ3v) is 4.23. The van der Waals surface area contributed by atoms with Crippen LogP contribution in [-0.4, -0.2) is 31.0 Å². The quantitative estimate of drug-likeness (QED) is 0.645. The Balaban J connectivity index is 1.68. The lowest BCUT2D eigenvalue weighted by Gasteiger charge is -2.12. The van der Waals surface area contributed by atoms with E-state index in [0.29, 0.717) is 28.3 Å². The molecule has 1 heterocycles. The standard InChI is InChI=1S/C22H21N3O4/c1-28-19-8-9-20(29-2)17(12-19)14-24-21(26)15-5-3-7-18(11-15)25-22(27)16-6-4-10-23-13-16/h3-13H,14H2,1-2H3,(H,24,26)(H,25,27). The van der Waals surface area contributed by atoms with Gasteiger partial charge < -0.3 is 20.1 Å². The average Bonchev–Trinajstić information content (AvgIpc) is 2.78. The second-order valence-electron chi connectivity index (χ2n) is 6.14. The van der Waals surface area contributed by atoms with Crippen LogP contribution in [0.1, 0.15) is 26.3 Å². The van der Waals surface area contributed by atoms with E-state index < -0.39 is 0 Å². The first-order chi connectivity index (χ1) is 14.1. The minimum absolute atomic E-state index is 0.269. The third-order valence-electron chi connectivity index (χ3n) is 4.23. The van der Waals surface area contributed by atoms with Crippen LogP contribution in [0.15, 0.2) is 67.0 Å². The molecule has 3 rings (SSSR count). The van der Waals surface area contributed by atoms with Crippen LogP contribution >= 0.6 is 0 Å². The molecule has 0 aliphatic carbocycles. The number of aromatic nitrogens is 1. The highest BCUT2D eigenvalue weighted by Crippen LogP contribution is 2.24. The first-order valence-corrected chi connectivity index (χ1v) is 8.91. The summed E-state index contributed by atoms with van der Waals surface area (Å²) in [6.45, 7) is 0.269. The summed E-state index contributed by atoms with van der Waals surface area (Å²) in [6.07, 6.45) is 3.08. The van der Waals surface area contributed by atoms with Gasteiger partial charge in [-0.25, -0.2) is 0 Å². The van der Waals surface area contributed by atoms with Gasteiger partial charge in [-0.05, 0) is 48.5 Å². The molecule has 7 nitrogen and oxygen atoms in total. The van der Waals surface area contributed by atoms with Crippen molar-refractivity contribution in [2.24, 2.45) is 0 Å². The summed E-state index contributed by atoms with van der Waals surface area (Å²) in [5.41, 5.74) is 2.18. The smallest absolute Gasteiger partial charge is 0.257 e. The number of benzene rings is 2. The van der Waals surface area contributed by atoms with Crippen LogP contribution in [0.3, 0.4) is 0 Å². The number of amides is 2. The van der Waals surface area contributed by atoms with Crippen LogP contribution in [0, 0.1) is 0 Å². The minimum atomic E-state index is -0.295. The van der Waals surface area contributed by atoms with Gasteiger partial charge in [0.15, 0.2) is 0 Å². The van der Waals surface area contributed by atoms with E-state index in [1.54, 1.807) is 68.9 Å². The van der Waals surface area contributed by atoms with Gasteiger partial charge in [0.1, 0.15) is 11.5 Å². The lowest BCUT2D eigenvalue weighted by molar-refractivity contribution is 0.0949.